The van der Waals surface area contributed by atoms with Crippen LogP contribution in [-0.4, -0.2) is 44.5 Å². The molecule has 5 rings (SSSR count). The van der Waals surface area contributed by atoms with Crippen LogP contribution in [0.1, 0.15) is 43.4 Å². The Bertz CT molecular complexity index is 1150. The van der Waals surface area contributed by atoms with Gasteiger partial charge in [-0.25, -0.2) is 4.98 Å². The molecule has 1 N–H and O–H groups in total. The molecule has 3 aromatic heterocycles. The summed E-state index contributed by atoms with van der Waals surface area (Å²) in [6.07, 6.45) is 12.4. The van der Waals surface area contributed by atoms with Gasteiger partial charge < -0.3 is 19.5 Å². The number of fused-ring (bicyclic) bond motifs is 1. The molecule has 2 fully saturated rings. The van der Waals surface area contributed by atoms with Crippen molar-refractivity contribution in [2.75, 3.05) is 18.4 Å². The lowest BCUT2D eigenvalue weighted by atomic mass is 10.1. The second kappa shape index (κ2) is 9.55. The molecular weight excluding hydrogens is 434 g/mol. The number of anilines is 2. The zero-order valence-electron chi connectivity index (χ0n) is 19.1. The highest BCUT2D eigenvalue weighted by Gasteiger charge is 2.25. The van der Waals surface area contributed by atoms with E-state index in [1.54, 1.807) is 11.3 Å². The first-order valence-electron chi connectivity index (χ1n) is 11.9. The number of nitrogens with one attached hydrogen (secondary N) is 1. The van der Waals surface area contributed by atoms with Gasteiger partial charge in [0, 0.05) is 36.4 Å². The van der Waals surface area contributed by atoms with E-state index in [4.69, 9.17) is 9.72 Å². The van der Waals surface area contributed by atoms with Crippen LogP contribution < -0.4 is 10.1 Å². The minimum Gasteiger partial charge on any atom is -0.472 e. The molecule has 0 aromatic carbocycles. The van der Waals surface area contributed by atoms with Crippen LogP contribution in [0.3, 0.4) is 0 Å². The molecule has 8 heteroatoms. The SMILES string of the molecule is C=CC(=O)N1CCCC(Oc2nc(Nc3ncc(C)s3)cc3c2ccn3CC2CCCC2)C1. The Balaban J connectivity index is 1.45. The zero-order valence-corrected chi connectivity index (χ0v) is 19.9. The molecule has 174 valence electrons. The number of amides is 1. The van der Waals surface area contributed by atoms with Gasteiger partial charge in [-0.1, -0.05) is 19.4 Å². The van der Waals surface area contributed by atoms with E-state index in [-0.39, 0.29) is 12.0 Å². The van der Waals surface area contributed by atoms with Crippen molar-refractivity contribution in [2.24, 2.45) is 5.92 Å². The number of hydrogen-bond donors (Lipinski definition) is 1. The van der Waals surface area contributed by atoms with Gasteiger partial charge in [0.1, 0.15) is 11.9 Å². The van der Waals surface area contributed by atoms with Crippen molar-refractivity contribution in [1.82, 2.24) is 19.4 Å². The average Bonchev–Trinajstić information content (AvgIpc) is 3.57. The Morgan fingerprint density at radius 2 is 2.18 bits per heavy atom. The van der Waals surface area contributed by atoms with E-state index in [9.17, 15) is 4.79 Å². The number of thiazole rings is 1. The summed E-state index contributed by atoms with van der Waals surface area (Å²) in [6, 6.07) is 4.21. The summed E-state index contributed by atoms with van der Waals surface area (Å²) in [6.45, 7) is 7.99. The van der Waals surface area contributed by atoms with E-state index in [1.165, 1.54) is 31.8 Å². The fourth-order valence-electron chi connectivity index (χ4n) is 4.99. The molecule has 3 aromatic rings. The third-order valence-electron chi connectivity index (χ3n) is 6.66. The fraction of sp³-hybridized carbons (Fsp3) is 0.480. The van der Waals surface area contributed by atoms with Crippen molar-refractivity contribution in [3.63, 3.8) is 0 Å². The summed E-state index contributed by atoms with van der Waals surface area (Å²) >= 11 is 1.60. The smallest absolute Gasteiger partial charge is 0.246 e. The van der Waals surface area contributed by atoms with Gasteiger partial charge in [-0.15, -0.1) is 11.3 Å². The number of pyridine rings is 1. The molecule has 0 radical (unpaired) electrons. The number of carbonyl (C=O) groups is 1. The van der Waals surface area contributed by atoms with Gasteiger partial charge in [0.05, 0.1) is 17.4 Å². The highest BCUT2D eigenvalue weighted by atomic mass is 32.1. The van der Waals surface area contributed by atoms with Crippen LogP contribution >= 0.6 is 11.3 Å². The lowest BCUT2D eigenvalue weighted by molar-refractivity contribution is -0.128. The van der Waals surface area contributed by atoms with Crippen LogP contribution in [0.5, 0.6) is 5.88 Å². The number of nitrogens with zero attached hydrogens (tertiary/aromatic N) is 4. The maximum absolute atomic E-state index is 12.1. The lowest BCUT2D eigenvalue weighted by Crippen LogP contribution is -2.43. The standard InChI is InChI=1S/C25H31N5O2S/c1-3-23(31)30-11-6-9-19(16-30)32-24-20-10-12-29(15-18-7-4-5-8-18)21(20)13-22(27-24)28-25-26-14-17(2)33-25/h3,10,12-14,18-19H,1,4-9,11,15-16H2,2H3,(H,26,27,28). The van der Waals surface area contributed by atoms with Gasteiger partial charge in [-0.05, 0) is 50.7 Å². The molecule has 7 nitrogen and oxygen atoms in total. The molecule has 1 unspecified atom stereocenters. The summed E-state index contributed by atoms with van der Waals surface area (Å²) in [5.74, 6) is 2.03. The maximum atomic E-state index is 12.1. The Labute approximate surface area is 198 Å². The largest absolute Gasteiger partial charge is 0.472 e. The Morgan fingerprint density at radius 3 is 2.94 bits per heavy atom. The number of carbonyl (C=O) groups excluding carboxylic acids is 1. The van der Waals surface area contributed by atoms with E-state index in [1.807, 2.05) is 18.0 Å². The quantitative estimate of drug-likeness (QED) is 0.480. The normalized spacial score (nSPS) is 19.2. The maximum Gasteiger partial charge on any atom is 0.246 e. The number of hydrogen-bond acceptors (Lipinski definition) is 6. The van der Waals surface area contributed by atoms with Crippen molar-refractivity contribution in [3.8, 4) is 5.88 Å². The second-order valence-corrected chi connectivity index (χ2v) is 10.4. The molecule has 1 aliphatic carbocycles. The third kappa shape index (κ3) is 4.90. The monoisotopic (exact) mass is 465 g/mol. The molecular formula is C25H31N5O2S. The lowest BCUT2D eigenvalue weighted by Gasteiger charge is -2.32. The van der Waals surface area contributed by atoms with Crippen LogP contribution in [0.4, 0.5) is 10.9 Å². The van der Waals surface area contributed by atoms with E-state index in [2.05, 4.69) is 39.8 Å². The molecule has 1 atom stereocenters. The van der Waals surface area contributed by atoms with Crippen molar-refractivity contribution in [2.45, 2.75) is 58.1 Å². The molecule has 1 aliphatic heterocycles. The van der Waals surface area contributed by atoms with Gasteiger partial charge >= 0.3 is 0 Å². The summed E-state index contributed by atoms with van der Waals surface area (Å²) in [5.41, 5.74) is 1.12. The van der Waals surface area contributed by atoms with E-state index in [0.717, 1.165) is 58.6 Å². The first-order chi connectivity index (χ1) is 16.1. The Kier molecular flexibility index (Phi) is 6.35. The van der Waals surface area contributed by atoms with E-state index >= 15 is 0 Å². The molecule has 4 heterocycles. The number of piperidine rings is 1. The molecule has 1 amide bonds. The van der Waals surface area contributed by atoms with Crippen molar-refractivity contribution >= 4 is 39.1 Å². The van der Waals surface area contributed by atoms with E-state index in [0.29, 0.717) is 12.4 Å². The number of aromatic nitrogens is 3. The molecule has 0 spiro atoms. The number of aryl methyl sites for hydroxylation is 1. The highest BCUT2D eigenvalue weighted by molar-refractivity contribution is 7.15. The summed E-state index contributed by atoms with van der Waals surface area (Å²) in [5, 5.41) is 5.20. The third-order valence-corrected chi connectivity index (χ3v) is 7.49. The Morgan fingerprint density at radius 1 is 1.33 bits per heavy atom. The van der Waals surface area contributed by atoms with Crippen LogP contribution in [-0.2, 0) is 11.3 Å². The van der Waals surface area contributed by atoms with Crippen molar-refractivity contribution < 1.29 is 9.53 Å². The van der Waals surface area contributed by atoms with Gasteiger partial charge in [0.2, 0.25) is 11.8 Å². The molecule has 33 heavy (non-hydrogen) atoms. The molecule has 0 bridgehead atoms. The topological polar surface area (TPSA) is 72.3 Å². The molecule has 2 aliphatic rings. The van der Waals surface area contributed by atoms with Crippen molar-refractivity contribution in [3.05, 3.63) is 42.1 Å². The van der Waals surface area contributed by atoms with Crippen molar-refractivity contribution in [1.29, 1.82) is 0 Å². The fourth-order valence-corrected chi connectivity index (χ4v) is 5.66. The van der Waals surface area contributed by atoms with Gasteiger partial charge in [-0.3, -0.25) is 4.79 Å². The van der Waals surface area contributed by atoms with Gasteiger partial charge in [0.25, 0.3) is 0 Å². The minimum atomic E-state index is -0.0890. The summed E-state index contributed by atoms with van der Waals surface area (Å²) in [4.78, 5) is 24.3. The predicted molar refractivity (Wildman–Crippen MR) is 132 cm³/mol. The number of likely N-dealkylation sites (tertiary alicyclic amines) is 1. The van der Waals surface area contributed by atoms with Crippen LogP contribution in [0.15, 0.2) is 37.2 Å². The first-order valence-corrected chi connectivity index (χ1v) is 12.7. The minimum absolute atomic E-state index is 0.0429. The van der Waals surface area contributed by atoms with E-state index < -0.39 is 0 Å². The number of rotatable bonds is 7. The predicted octanol–water partition coefficient (Wildman–Crippen LogP) is 5.29. The van der Waals surface area contributed by atoms with Gasteiger partial charge in [-0.2, -0.15) is 4.98 Å². The highest BCUT2D eigenvalue weighted by Crippen LogP contribution is 2.34. The number of ether oxygens (including phenoxy) is 1. The van der Waals surface area contributed by atoms with Gasteiger partial charge in [0.15, 0.2) is 5.13 Å². The molecule has 1 saturated heterocycles. The van der Waals surface area contributed by atoms with Crippen LogP contribution in [0, 0.1) is 12.8 Å². The molecule has 1 saturated carbocycles. The second-order valence-electron chi connectivity index (χ2n) is 9.14. The van der Waals surface area contributed by atoms with Crippen LogP contribution in [0.25, 0.3) is 10.9 Å². The Hall–Kier alpha value is -2.87. The van der Waals surface area contributed by atoms with Crippen LogP contribution in [0.2, 0.25) is 0 Å². The average molecular weight is 466 g/mol. The summed E-state index contributed by atoms with van der Waals surface area (Å²) in [7, 11) is 0. The summed E-state index contributed by atoms with van der Waals surface area (Å²) < 4.78 is 8.79. The zero-order chi connectivity index (χ0) is 22.8. The first kappa shape index (κ1) is 21.9.